The zero-order valence-electron chi connectivity index (χ0n) is 13.0. The van der Waals surface area contributed by atoms with Crippen molar-refractivity contribution in [1.82, 2.24) is 0 Å². The molecule has 0 unspecified atom stereocenters. The monoisotopic (exact) mass is 320 g/mol. The van der Waals surface area contributed by atoms with Crippen LogP contribution in [0, 0.1) is 6.92 Å². The van der Waals surface area contributed by atoms with Gasteiger partial charge >= 0.3 is 0 Å². The molecule has 0 fully saturated rings. The molecule has 0 amide bonds. The van der Waals surface area contributed by atoms with Gasteiger partial charge in [0.1, 0.15) is 16.9 Å². The standard InChI is InChI=1S/C19H12O5/c1-9-7-10(23-2)8-13-14(9)18(22)15-16(20)11-5-3-4-6-12(11)17(21)19(15)24-13/h3-8H,1-2H3. The molecule has 24 heavy (non-hydrogen) atoms. The van der Waals surface area contributed by atoms with Gasteiger partial charge in [-0.2, -0.15) is 0 Å². The van der Waals surface area contributed by atoms with Gasteiger partial charge in [0.25, 0.3) is 0 Å². The van der Waals surface area contributed by atoms with Crippen LogP contribution >= 0.6 is 0 Å². The van der Waals surface area contributed by atoms with Crippen molar-refractivity contribution in [3.8, 4) is 5.75 Å². The molecule has 4 rings (SSSR count). The third kappa shape index (κ3) is 1.78. The van der Waals surface area contributed by atoms with Crippen molar-refractivity contribution < 1.29 is 18.7 Å². The van der Waals surface area contributed by atoms with E-state index in [0.29, 0.717) is 11.3 Å². The molecule has 1 aliphatic rings. The molecule has 0 N–H and O–H groups in total. The lowest BCUT2D eigenvalue weighted by Crippen LogP contribution is -2.28. The Labute approximate surface area is 136 Å². The van der Waals surface area contributed by atoms with Gasteiger partial charge in [0, 0.05) is 17.2 Å². The van der Waals surface area contributed by atoms with Crippen LogP contribution in [0.25, 0.3) is 11.0 Å². The van der Waals surface area contributed by atoms with Gasteiger partial charge in [0.05, 0.1) is 12.5 Å². The highest BCUT2D eigenvalue weighted by molar-refractivity contribution is 6.27. The van der Waals surface area contributed by atoms with Crippen LogP contribution in [0.3, 0.4) is 0 Å². The molecule has 118 valence electrons. The average molecular weight is 320 g/mol. The maximum absolute atomic E-state index is 12.9. The molecule has 1 heterocycles. The summed E-state index contributed by atoms with van der Waals surface area (Å²) in [5, 5.41) is 0.287. The summed E-state index contributed by atoms with van der Waals surface area (Å²) in [6.45, 7) is 1.73. The highest BCUT2D eigenvalue weighted by atomic mass is 16.5. The molecule has 0 atom stereocenters. The fourth-order valence-corrected chi connectivity index (χ4v) is 3.10. The van der Waals surface area contributed by atoms with Gasteiger partial charge in [-0.1, -0.05) is 24.3 Å². The van der Waals surface area contributed by atoms with Crippen LogP contribution in [0.1, 0.15) is 37.6 Å². The van der Waals surface area contributed by atoms with E-state index in [0.717, 1.165) is 0 Å². The number of fused-ring (bicyclic) bond motifs is 3. The highest BCUT2D eigenvalue weighted by Crippen LogP contribution is 2.30. The topological polar surface area (TPSA) is 73.6 Å². The number of rotatable bonds is 1. The summed E-state index contributed by atoms with van der Waals surface area (Å²) in [4.78, 5) is 38.3. The molecule has 2 aromatic carbocycles. The van der Waals surface area contributed by atoms with E-state index in [1.54, 1.807) is 43.3 Å². The van der Waals surface area contributed by atoms with E-state index in [9.17, 15) is 14.4 Å². The van der Waals surface area contributed by atoms with Gasteiger partial charge in [-0.15, -0.1) is 0 Å². The Hall–Kier alpha value is -3.21. The maximum atomic E-state index is 12.9. The molecule has 5 nitrogen and oxygen atoms in total. The Kier molecular flexibility index (Phi) is 2.93. The van der Waals surface area contributed by atoms with Crippen LogP contribution in [0.15, 0.2) is 45.6 Å². The first kappa shape index (κ1) is 14.4. The molecule has 3 aromatic rings. The Morgan fingerprint density at radius 2 is 1.62 bits per heavy atom. The normalized spacial score (nSPS) is 12.9. The summed E-state index contributed by atoms with van der Waals surface area (Å²) >= 11 is 0. The van der Waals surface area contributed by atoms with Crippen LogP contribution in [0.5, 0.6) is 5.75 Å². The van der Waals surface area contributed by atoms with E-state index in [1.165, 1.54) is 7.11 Å². The summed E-state index contributed by atoms with van der Waals surface area (Å²) in [6.07, 6.45) is 0. The second kappa shape index (κ2) is 4.89. The van der Waals surface area contributed by atoms with Gasteiger partial charge < -0.3 is 9.15 Å². The largest absolute Gasteiger partial charge is 0.497 e. The lowest BCUT2D eigenvalue weighted by atomic mass is 9.87. The quantitative estimate of drug-likeness (QED) is 0.539. The number of methoxy groups -OCH3 is 1. The number of benzene rings is 2. The molecule has 1 aromatic heterocycles. The second-order valence-electron chi connectivity index (χ2n) is 5.66. The number of ketones is 2. The summed E-state index contributed by atoms with van der Waals surface area (Å²) in [5.74, 6) is -0.632. The predicted molar refractivity (Wildman–Crippen MR) is 87.1 cm³/mol. The van der Waals surface area contributed by atoms with E-state index < -0.39 is 17.0 Å². The number of ether oxygens (including phenoxy) is 1. The summed E-state index contributed by atoms with van der Waals surface area (Å²) < 4.78 is 10.9. The van der Waals surface area contributed by atoms with Crippen LogP contribution < -0.4 is 10.2 Å². The van der Waals surface area contributed by atoms with Crippen molar-refractivity contribution in [1.29, 1.82) is 0 Å². The van der Waals surface area contributed by atoms with Crippen molar-refractivity contribution in [2.24, 2.45) is 0 Å². The van der Waals surface area contributed by atoms with Crippen LogP contribution in [0.4, 0.5) is 0 Å². The van der Waals surface area contributed by atoms with E-state index in [2.05, 4.69) is 0 Å². The molecule has 0 saturated carbocycles. The smallest absolute Gasteiger partial charge is 0.229 e. The highest BCUT2D eigenvalue weighted by Gasteiger charge is 2.35. The number of aryl methyl sites for hydroxylation is 1. The molecule has 5 heteroatoms. The predicted octanol–water partition coefficient (Wildman–Crippen LogP) is 2.89. The summed E-state index contributed by atoms with van der Waals surface area (Å²) in [5.41, 5.74) is 0.653. The van der Waals surface area contributed by atoms with Gasteiger partial charge in [0.15, 0.2) is 5.76 Å². The molecule has 0 radical (unpaired) electrons. The Balaban J connectivity index is 2.14. The Bertz CT molecular complexity index is 1100. The first-order valence-electron chi connectivity index (χ1n) is 7.37. The molecule has 1 aliphatic carbocycles. The molecular formula is C19H12O5. The summed E-state index contributed by atoms with van der Waals surface area (Å²) in [6, 6.07) is 9.66. The average Bonchev–Trinajstić information content (AvgIpc) is 2.58. The third-order valence-electron chi connectivity index (χ3n) is 4.25. The first-order chi connectivity index (χ1) is 11.5. The van der Waals surface area contributed by atoms with E-state index in [1.807, 2.05) is 0 Å². The Morgan fingerprint density at radius 3 is 2.29 bits per heavy atom. The van der Waals surface area contributed by atoms with Gasteiger partial charge in [-0.3, -0.25) is 14.4 Å². The van der Waals surface area contributed by atoms with Crippen LogP contribution in [0.2, 0.25) is 0 Å². The summed E-state index contributed by atoms with van der Waals surface area (Å²) in [7, 11) is 1.50. The Morgan fingerprint density at radius 1 is 0.958 bits per heavy atom. The minimum Gasteiger partial charge on any atom is -0.497 e. The van der Waals surface area contributed by atoms with E-state index >= 15 is 0 Å². The lowest BCUT2D eigenvalue weighted by molar-refractivity contribution is 0.0957. The van der Waals surface area contributed by atoms with Crippen molar-refractivity contribution in [2.45, 2.75) is 6.92 Å². The number of carbonyl (C=O) groups is 2. The zero-order valence-corrected chi connectivity index (χ0v) is 13.0. The van der Waals surface area contributed by atoms with E-state index in [4.69, 9.17) is 9.15 Å². The first-order valence-corrected chi connectivity index (χ1v) is 7.37. The molecule has 0 saturated heterocycles. The number of hydrogen-bond donors (Lipinski definition) is 0. The van der Waals surface area contributed by atoms with Crippen LogP contribution in [-0.4, -0.2) is 18.7 Å². The van der Waals surface area contributed by atoms with Crippen molar-refractivity contribution in [2.75, 3.05) is 7.11 Å². The molecule has 0 spiro atoms. The number of hydrogen-bond acceptors (Lipinski definition) is 5. The minimum absolute atomic E-state index is 0.195. The number of carbonyl (C=O) groups excluding carboxylic acids is 2. The van der Waals surface area contributed by atoms with Gasteiger partial charge in [-0.25, -0.2) is 0 Å². The second-order valence-corrected chi connectivity index (χ2v) is 5.66. The lowest BCUT2D eigenvalue weighted by Gasteiger charge is -2.16. The fourth-order valence-electron chi connectivity index (χ4n) is 3.10. The van der Waals surface area contributed by atoms with Crippen molar-refractivity contribution >= 4 is 22.5 Å². The zero-order chi connectivity index (χ0) is 17.0. The van der Waals surface area contributed by atoms with Gasteiger partial charge in [0.2, 0.25) is 17.0 Å². The minimum atomic E-state index is -0.487. The van der Waals surface area contributed by atoms with E-state index in [-0.39, 0.29) is 33.4 Å². The molecule has 0 aliphatic heterocycles. The van der Waals surface area contributed by atoms with Gasteiger partial charge in [-0.05, 0) is 18.6 Å². The van der Waals surface area contributed by atoms with Crippen molar-refractivity contribution in [3.05, 3.63) is 74.6 Å². The van der Waals surface area contributed by atoms with Crippen LogP contribution in [-0.2, 0) is 0 Å². The SMILES string of the molecule is COc1cc(C)c2c(=O)c3c(oc2c1)C(=O)c1ccccc1C3=O. The molecular weight excluding hydrogens is 308 g/mol. The van der Waals surface area contributed by atoms with Crippen molar-refractivity contribution in [3.63, 3.8) is 0 Å². The maximum Gasteiger partial charge on any atom is 0.229 e. The fraction of sp³-hybridized carbons (Fsp3) is 0.105. The third-order valence-corrected chi connectivity index (χ3v) is 4.25. The molecule has 0 bridgehead atoms.